The number of rotatable bonds is 4. The van der Waals surface area contributed by atoms with Crippen molar-refractivity contribution in [2.75, 3.05) is 11.2 Å². The minimum atomic E-state index is -0.398. The zero-order valence-electron chi connectivity index (χ0n) is 18.4. The first kappa shape index (κ1) is 24.4. The highest BCUT2D eigenvalue weighted by molar-refractivity contribution is 9.10. The van der Waals surface area contributed by atoms with Crippen LogP contribution >= 0.6 is 27.5 Å². The van der Waals surface area contributed by atoms with Gasteiger partial charge in [0.25, 0.3) is 5.91 Å². The van der Waals surface area contributed by atoms with Crippen LogP contribution in [0.1, 0.15) is 53.3 Å². The summed E-state index contributed by atoms with van der Waals surface area (Å²) < 4.78 is 15.0. The van der Waals surface area contributed by atoms with Gasteiger partial charge >= 0.3 is 0 Å². The first-order chi connectivity index (χ1) is 16.4. The van der Waals surface area contributed by atoms with Crippen LogP contribution in [0.15, 0.2) is 59.2 Å². The number of halogens is 3. The number of alkyl halides is 1. The highest BCUT2D eigenvalue weighted by atomic mass is 79.9. The van der Waals surface area contributed by atoms with Crippen molar-refractivity contribution in [3.8, 4) is 11.1 Å². The van der Waals surface area contributed by atoms with E-state index in [1.54, 1.807) is 24.4 Å². The normalized spacial score (nSPS) is 16.0. The van der Waals surface area contributed by atoms with Crippen molar-refractivity contribution in [1.29, 1.82) is 0 Å². The van der Waals surface area contributed by atoms with Crippen LogP contribution in [0.25, 0.3) is 11.1 Å². The molecule has 0 spiro atoms. The number of fused-ring (bicyclic) bond motifs is 4. The summed E-state index contributed by atoms with van der Waals surface area (Å²) in [5, 5.41) is 6.02. The van der Waals surface area contributed by atoms with Gasteiger partial charge in [-0.3, -0.25) is 14.6 Å². The predicted octanol–water partition coefficient (Wildman–Crippen LogP) is 6.42. The van der Waals surface area contributed by atoms with E-state index < -0.39 is 5.82 Å². The van der Waals surface area contributed by atoms with Crippen LogP contribution in [0.3, 0.4) is 0 Å². The maximum Gasteiger partial charge on any atom is 0.252 e. The fourth-order valence-corrected chi connectivity index (χ4v) is 4.75. The smallest absolute Gasteiger partial charge is 0.252 e. The summed E-state index contributed by atoms with van der Waals surface area (Å²) in [6.45, 7) is 0. The molecule has 2 aromatic carbocycles. The molecule has 8 heteroatoms. The second-order valence-electron chi connectivity index (χ2n) is 8.22. The Morgan fingerprint density at radius 3 is 2.85 bits per heavy atom. The van der Waals surface area contributed by atoms with Gasteiger partial charge in [0, 0.05) is 39.8 Å². The molecule has 2 bridgehead atoms. The Morgan fingerprint density at radius 2 is 2.03 bits per heavy atom. The molecule has 0 radical (unpaired) electrons. The van der Waals surface area contributed by atoms with Crippen LogP contribution in [-0.2, 0) is 11.2 Å². The first-order valence-corrected chi connectivity index (χ1v) is 12.5. The van der Waals surface area contributed by atoms with Crippen molar-refractivity contribution in [2.45, 2.75) is 38.1 Å². The van der Waals surface area contributed by atoms with Crippen LogP contribution < -0.4 is 10.6 Å². The van der Waals surface area contributed by atoms with Crippen molar-refractivity contribution < 1.29 is 14.0 Å². The lowest BCUT2D eigenvalue weighted by atomic mass is 9.97. The second kappa shape index (κ2) is 11.1. The number of aromatic nitrogens is 1. The molecule has 1 aliphatic rings. The number of hydrogen-bond donors (Lipinski definition) is 2. The Balaban J connectivity index is 1.70. The maximum atomic E-state index is 14.1. The summed E-state index contributed by atoms with van der Waals surface area (Å²) in [6.07, 6.45) is 4.56. The molecule has 0 unspecified atom stereocenters. The third kappa shape index (κ3) is 5.83. The number of hydrogen-bond acceptors (Lipinski definition) is 3. The third-order valence-electron chi connectivity index (χ3n) is 5.83. The van der Waals surface area contributed by atoms with Crippen LogP contribution in [-0.4, -0.2) is 22.7 Å². The molecule has 4 rings (SSSR count). The monoisotopic (exact) mass is 543 g/mol. The molecule has 176 valence electrons. The van der Waals surface area contributed by atoms with Gasteiger partial charge in [-0.2, -0.15) is 0 Å². The number of anilines is 1. The molecule has 5 nitrogen and oxygen atoms in total. The quantitative estimate of drug-likeness (QED) is 0.373. The lowest BCUT2D eigenvalue weighted by Gasteiger charge is -2.21. The Morgan fingerprint density at radius 1 is 1.18 bits per heavy atom. The number of benzene rings is 2. The lowest BCUT2D eigenvalue weighted by Crippen LogP contribution is -2.30. The number of aryl methyl sites for hydroxylation is 1. The number of carbonyl (C=O) groups is 2. The van der Waals surface area contributed by atoms with Crippen molar-refractivity contribution in [2.24, 2.45) is 0 Å². The van der Waals surface area contributed by atoms with Crippen molar-refractivity contribution in [1.82, 2.24) is 10.3 Å². The molecule has 1 aromatic heterocycles. The van der Waals surface area contributed by atoms with Crippen LogP contribution in [0.5, 0.6) is 0 Å². The molecule has 0 saturated carbocycles. The van der Waals surface area contributed by atoms with E-state index in [2.05, 4.69) is 31.5 Å². The summed E-state index contributed by atoms with van der Waals surface area (Å²) in [5.41, 5.74) is 3.94. The standard InChI is InChI=1S/C26H24BrClFN3O2/c27-18-5-7-20(16(13-18)9-11-28)26(34)32-23-3-1-2-4-25(33)31-22-8-6-19(29)15-21(22)17-10-12-30-24(23)14-17/h5-8,10,12-15,23H,1-4,9,11H2,(H,31,33)(H,32,34)/t23-/m0/s1. The number of amides is 2. The average Bonchev–Trinajstić information content (AvgIpc) is 2.82. The Kier molecular flexibility index (Phi) is 7.95. The van der Waals surface area contributed by atoms with Gasteiger partial charge < -0.3 is 10.6 Å². The summed E-state index contributed by atoms with van der Waals surface area (Å²) in [4.78, 5) is 30.2. The molecule has 0 fully saturated rings. The third-order valence-corrected chi connectivity index (χ3v) is 6.51. The van der Waals surface area contributed by atoms with Crippen LogP contribution in [0.2, 0.25) is 0 Å². The number of carbonyl (C=O) groups excluding carboxylic acids is 2. The van der Waals surface area contributed by atoms with E-state index in [0.717, 1.165) is 16.5 Å². The molecule has 2 N–H and O–H groups in total. The fourth-order valence-electron chi connectivity index (χ4n) is 4.14. The number of pyridine rings is 1. The highest BCUT2D eigenvalue weighted by Gasteiger charge is 2.21. The van der Waals surface area contributed by atoms with E-state index in [9.17, 15) is 14.0 Å². The molecular formula is C26H24BrClFN3O2. The van der Waals surface area contributed by atoms with E-state index in [1.807, 2.05) is 18.2 Å². The molecular weight excluding hydrogens is 521 g/mol. The van der Waals surface area contributed by atoms with E-state index in [4.69, 9.17) is 11.6 Å². The predicted molar refractivity (Wildman–Crippen MR) is 136 cm³/mol. The molecule has 1 atom stereocenters. The molecule has 2 heterocycles. The minimum Gasteiger partial charge on any atom is -0.344 e. The fraction of sp³-hybridized carbons (Fsp3) is 0.269. The highest BCUT2D eigenvalue weighted by Crippen LogP contribution is 2.32. The zero-order valence-corrected chi connectivity index (χ0v) is 20.8. The van der Waals surface area contributed by atoms with Gasteiger partial charge in [-0.25, -0.2) is 4.39 Å². The number of nitrogens with zero attached hydrogens (tertiary/aromatic N) is 1. The van der Waals surface area contributed by atoms with Gasteiger partial charge in [0.2, 0.25) is 5.91 Å². The molecule has 1 aliphatic heterocycles. The number of nitrogens with one attached hydrogen (secondary N) is 2. The Labute approximate surface area is 211 Å². The summed E-state index contributed by atoms with van der Waals surface area (Å²) >= 11 is 9.40. The average molecular weight is 545 g/mol. The van der Waals surface area contributed by atoms with E-state index in [-0.39, 0.29) is 17.9 Å². The zero-order chi connectivity index (χ0) is 24.1. The second-order valence-corrected chi connectivity index (χ2v) is 9.51. The Bertz CT molecular complexity index is 1220. The van der Waals surface area contributed by atoms with Crippen molar-refractivity contribution >= 4 is 45.0 Å². The minimum absolute atomic E-state index is 0.121. The van der Waals surface area contributed by atoms with Crippen LogP contribution in [0.4, 0.5) is 10.1 Å². The largest absolute Gasteiger partial charge is 0.344 e. The Hall–Kier alpha value is -2.77. The summed E-state index contributed by atoms with van der Waals surface area (Å²) in [7, 11) is 0. The van der Waals surface area contributed by atoms with Gasteiger partial charge in [0.15, 0.2) is 0 Å². The molecule has 3 aromatic rings. The summed E-state index contributed by atoms with van der Waals surface area (Å²) in [6, 6.07) is 13.1. The molecule has 34 heavy (non-hydrogen) atoms. The SMILES string of the molecule is O=C1CCCC[C@H](NC(=O)c2ccc(Br)cc2CCCl)c2cc(ccn2)-c2cc(F)ccc2N1. The van der Waals surface area contributed by atoms with E-state index in [1.165, 1.54) is 12.1 Å². The maximum absolute atomic E-state index is 14.1. The molecule has 0 aliphatic carbocycles. The van der Waals surface area contributed by atoms with Crippen molar-refractivity contribution in [3.63, 3.8) is 0 Å². The van der Waals surface area contributed by atoms with Crippen LogP contribution in [0, 0.1) is 5.82 Å². The van der Waals surface area contributed by atoms with E-state index in [0.29, 0.717) is 59.6 Å². The molecule has 2 amide bonds. The van der Waals surface area contributed by atoms with Gasteiger partial charge in [0.1, 0.15) is 5.82 Å². The van der Waals surface area contributed by atoms with Gasteiger partial charge in [-0.15, -0.1) is 11.6 Å². The van der Waals surface area contributed by atoms with Crippen molar-refractivity contribution in [3.05, 3.63) is 81.8 Å². The molecule has 0 saturated heterocycles. The topological polar surface area (TPSA) is 71.1 Å². The first-order valence-electron chi connectivity index (χ1n) is 11.2. The van der Waals surface area contributed by atoms with E-state index >= 15 is 0 Å². The van der Waals surface area contributed by atoms with Gasteiger partial charge in [0.05, 0.1) is 11.7 Å². The summed E-state index contributed by atoms with van der Waals surface area (Å²) in [5.74, 6) is -0.322. The van der Waals surface area contributed by atoms with Gasteiger partial charge in [-0.05, 0) is 78.9 Å². The lowest BCUT2D eigenvalue weighted by molar-refractivity contribution is -0.116. The van der Waals surface area contributed by atoms with Gasteiger partial charge in [-0.1, -0.05) is 22.4 Å².